The number of fused-ring (bicyclic) bond motifs is 5. The lowest BCUT2D eigenvalue weighted by Crippen LogP contribution is -2.44. The monoisotopic (exact) mass is 243 g/mol. The Labute approximate surface area is 105 Å². The summed E-state index contributed by atoms with van der Waals surface area (Å²) in [4.78, 5) is 0. The van der Waals surface area contributed by atoms with Crippen LogP contribution in [0.3, 0.4) is 0 Å². The van der Waals surface area contributed by atoms with E-state index in [4.69, 9.17) is 10.8 Å². The number of hydrogen-bond acceptors (Lipinski definition) is 4. The van der Waals surface area contributed by atoms with Crippen molar-refractivity contribution in [3.63, 3.8) is 0 Å². The quantitative estimate of drug-likeness (QED) is 0.608. The summed E-state index contributed by atoms with van der Waals surface area (Å²) in [5.74, 6) is 1.78. The van der Waals surface area contributed by atoms with Crippen molar-refractivity contribution >= 4 is 22.4 Å². The van der Waals surface area contributed by atoms with Gasteiger partial charge in [0.2, 0.25) is 0 Å². The molecule has 5 nitrogen and oxygen atoms in total. The number of aromatic nitrogens is 2. The van der Waals surface area contributed by atoms with Crippen molar-refractivity contribution in [3.05, 3.63) is 18.2 Å². The molecule has 1 fully saturated rings. The summed E-state index contributed by atoms with van der Waals surface area (Å²) in [6.45, 7) is 3.18. The van der Waals surface area contributed by atoms with E-state index >= 15 is 0 Å². The molecule has 0 radical (unpaired) electrons. The number of nitrogen functional groups attached to an aromatic ring is 1. The van der Waals surface area contributed by atoms with Crippen molar-refractivity contribution in [3.8, 4) is 0 Å². The fourth-order valence-corrected chi connectivity index (χ4v) is 3.20. The maximum absolute atomic E-state index is 5.87. The zero-order chi connectivity index (χ0) is 12.1. The van der Waals surface area contributed by atoms with Crippen LogP contribution in [0.1, 0.15) is 12.5 Å². The minimum Gasteiger partial charge on any atom is -0.399 e. The Kier molecular flexibility index (Phi) is 2.05. The van der Waals surface area contributed by atoms with Crippen molar-refractivity contribution < 1.29 is 0 Å². The predicted molar refractivity (Wildman–Crippen MR) is 72.6 cm³/mol. The van der Waals surface area contributed by atoms with E-state index in [0.29, 0.717) is 12.0 Å². The molecule has 1 aromatic carbocycles. The Bertz CT molecular complexity index is 603. The second-order valence-electron chi connectivity index (χ2n) is 5.27. The van der Waals surface area contributed by atoms with Gasteiger partial charge in [-0.25, -0.2) is 4.68 Å². The Balaban J connectivity index is 1.89. The number of rotatable bonds is 0. The summed E-state index contributed by atoms with van der Waals surface area (Å²) in [7, 11) is 0. The van der Waals surface area contributed by atoms with Crippen molar-refractivity contribution in [1.29, 1.82) is 0 Å². The van der Waals surface area contributed by atoms with E-state index in [9.17, 15) is 0 Å². The van der Waals surface area contributed by atoms with Gasteiger partial charge in [-0.1, -0.05) is 0 Å². The average molecular weight is 243 g/mol. The van der Waals surface area contributed by atoms with Crippen LogP contribution in [-0.2, 0) is 0 Å². The summed E-state index contributed by atoms with van der Waals surface area (Å²) in [5, 5.41) is 12.9. The van der Waals surface area contributed by atoms with Crippen molar-refractivity contribution in [2.45, 2.75) is 12.5 Å². The number of hydrogen-bond donors (Lipinski definition) is 3. The van der Waals surface area contributed by atoms with Gasteiger partial charge in [-0.3, -0.25) is 0 Å². The van der Waals surface area contributed by atoms with Crippen LogP contribution in [0.15, 0.2) is 18.2 Å². The first-order valence-electron chi connectivity index (χ1n) is 6.55. The second kappa shape index (κ2) is 3.62. The van der Waals surface area contributed by atoms with Crippen LogP contribution in [0.25, 0.3) is 10.9 Å². The van der Waals surface area contributed by atoms with E-state index in [1.54, 1.807) is 0 Å². The predicted octanol–water partition coefficient (Wildman–Crippen LogP) is 1.19. The normalized spacial score (nSPS) is 26.4. The molecule has 0 aliphatic carbocycles. The molecule has 2 unspecified atom stereocenters. The lowest BCUT2D eigenvalue weighted by Gasteiger charge is -2.37. The van der Waals surface area contributed by atoms with E-state index in [-0.39, 0.29) is 0 Å². The zero-order valence-corrected chi connectivity index (χ0v) is 10.2. The molecular formula is C13H17N5. The zero-order valence-electron chi connectivity index (χ0n) is 10.2. The highest BCUT2D eigenvalue weighted by Gasteiger charge is 2.33. The molecule has 3 heterocycles. The van der Waals surface area contributed by atoms with Gasteiger partial charge in [0.1, 0.15) is 5.82 Å². The third-order valence-corrected chi connectivity index (χ3v) is 4.13. The Morgan fingerprint density at radius 1 is 1.33 bits per heavy atom. The van der Waals surface area contributed by atoms with Crippen LogP contribution < -0.4 is 16.4 Å². The van der Waals surface area contributed by atoms with Crippen LogP contribution in [0.2, 0.25) is 0 Å². The first-order chi connectivity index (χ1) is 8.83. The van der Waals surface area contributed by atoms with Gasteiger partial charge in [0.25, 0.3) is 0 Å². The number of nitrogens with two attached hydrogens (primary N) is 1. The van der Waals surface area contributed by atoms with Crippen LogP contribution >= 0.6 is 0 Å². The van der Waals surface area contributed by atoms with E-state index < -0.39 is 0 Å². The topological polar surface area (TPSA) is 67.9 Å². The molecule has 2 atom stereocenters. The Morgan fingerprint density at radius 2 is 2.28 bits per heavy atom. The molecule has 5 heteroatoms. The third kappa shape index (κ3) is 1.34. The maximum Gasteiger partial charge on any atom is 0.132 e. The molecule has 0 bridgehead atoms. The van der Waals surface area contributed by atoms with Gasteiger partial charge in [0.05, 0.1) is 11.6 Å². The van der Waals surface area contributed by atoms with E-state index in [0.717, 1.165) is 48.5 Å². The van der Waals surface area contributed by atoms with E-state index in [1.807, 2.05) is 18.2 Å². The van der Waals surface area contributed by atoms with Gasteiger partial charge in [-0.15, -0.1) is 0 Å². The smallest absolute Gasteiger partial charge is 0.132 e. The summed E-state index contributed by atoms with van der Waals surface area (Å²) < 4.78 is 2.18. The summed E-state index contributed by atoms with van der Waals surface area (Å²) in [5.41, 5.74) is 7.71. The number of anilines is 2. The molecule has 2 aliphatic rings. The lowest BCUT2D eigenvalue weighted by atomic mass is 9.92. The fraction of sp³-hybridized carbons (Fsp3) is 0.462. The molecule has 2 aliphatic heterocycles. The standard InChI is InChI=1S/C13H17N5/c14-9-1-2-11-10(5-9)13-16-7-8-6-15-4-3-12(8)18(13)17-11/h1-2,5,8,12,15-16H,3-4,6-7,14H2. The second-order valence-corrected chi connectivity index (χ2v) is 5.27. The number of nitrogens with zero attached hydrogens (tertiary/aromatic N) is 2. The molecule has 1 saturated heterocycles. The van der Waals surface area contributed by atoms with Crippen molar-refractivity contribution in [2.75, 3.05) is 30.7 Å². The van der Waals surface area contributed by atoms with Crippen LogP contribution in [0, 0.1) is 5.92 Å². The first-order valence-corrected chi connectivity index (χ1v) is 6.55. The van der Waals surface area contributed by atoms with Crippen molar-refractivity contribution in [2.24, 2.45) is 5.92 Å². The lowest BCUT2D eigenvalue weighted by molar-refractivity contribution is 0.239. The maximum atomic E-state index is 5.87. The van der Waals surface area contributed by atoms with E-state index in [2.05, 4.69) is 15.3 Å². The van der Waals surface area contributed by atoms with Gasteiger partial charge in [0, 0.05) is 30.1 Å². The van der Waals surface area contributed by atoms with Crippen LogP contribution in [0.5, 0.6) is 0 Å². The third-order valence-electron chi connectivity index (χ3n) is 4.13. The summed E-state index contributed by atoms with van der Waals surface area (Å²) in [6, 6.07) is 6.47. The van der Waals surface area contributed by atoms with Gasteiger partial charge >= 0.3 is 0 Å². The summed E-state index contributed by atoms with van der Waals surface area (Å²) >= 11 is 0. The van der Waals surface area contributed by atoms with Gasteiger partial charge in [-0.05, 0) is 31.2 Å². The van der Waals surface area contributed by atoms with Crippen LogP contribution in [-0.4, -0.2) is 29.4 Å². The Morgan fingerprint density at radius 3 is 3.22 bits per heavy atom. The molecule has 94 valence electrons. The Hall–Kier alpha value is -1.75. The minimum absolute atomic E-state index is 0.524. The number of benzene rings is 1. The first kappa shape index (κ1) is 10.2. The number of piperidine rings is 1. The largest absolute Gasteiger partial charge is 0.399 e. The molecule has 0 spiro atoms. The van der Waals surface area contributed by atoms with Gasteiger partial charge < -0.3 is 16.4 Å². The highest BCUT2D eigenvalue weighted by Crippen LogP contribution is 2.36. The molecular weight excluding hydrogens is 226 g/mol. The summed E-state index contributed by atoms with van der Waals surface area (Å²) in [6.07, 6.45) is 1.16. The van der Waals surface area contributed by atoms with E-state index in [1.165, 1.54) is 0 Å². The highest BCUT2D eigenvalue weighted by atomic mass is 15.4. The molecule has 2 aromatic rings. The van der Waals surface area contributed by atoms with Crippen LogP contribution in [0.4, 0.5) is 11.5 Å². The van der Waals surface area contributed by atoms with Gasteiger partial charge in [0.15, 0.2) is 0 Å². The molecule has 4 rings (SSSR count). The molecule has 0 saturated carbocycles. The number of nitrogens with one attached hydrogen (secondary N) is 2. The highest BCUT2D eigenvalue weighted by molar-refractivity contribution is 5.92. The average Bonchev–Trinajstić information content (AvgIpc) is 2.77. The fourth-order valence-electron chi connectivity index (χ4n) is 3.20. The molecule has 4 N–H and O–H groups in total. The molecule has 18 heavy (non-hydrogen) atoms. The van der Waals surface area contributed by atoms with Gasteiger partial charge in [-0.2, -0.15) is 5.10 Å². The molecule has 0 amide bonds. The SMILES string of the molecule is Nc1ccc2nn3c(c2c1)NCC1CNCCC13. The minimum atomic E-state index is 0.524. The molecule has 1 aromatic heterocycles. The van der Waals surface area contributed by atoms with Crippen molar-refractivity contribution in [1.82, 2.24) is 15.1 Å².